The number of piperazine rings is 1. The second kappa shape index (κ2) is 10.8. The lowest BCUT2D eigenvalue weighted by molar-refractivity contribution is -0.0699. The number of pyridine rings is 1. The molecule has 38 heavy (non-hydrogen) atoms. The quantitative estimate of drug-likeness (QED) is 0.552. The largest absolute Gasteiger partial charge is 0.381 e. The van der Waals surface area contributed by atoms with E-state index in [2.05, 4.69) is 43.9 Å². The minimum Gasteiger partial charge on any atom is -0.381 e. The van der Waals surface area contributed by atoms with Gasteiger partial charge in [-0.2, -0.15) is 0 Å². The molecule has 3 aliphatic rings. The van der Waals surface area contributed by atoms with Crippen LogP contribution in [0.2, 0.25) is 0 Å². The Labute approximate surface area is 224 Å². The first-order chi connectivity index (χ1) is 18.6. The highest BCUT2D eigenvalue weighted by molar-refractivity contribution is 5.75. The summed E-state index contributed by atoms with van der Waals surface area (Å²) in [6, 6.07) is 24.6. The number of amides is 2. The summed E-state index contributed by atoms with van der Waals surface area (Å²) in [6.45, 7) is 4.82. The van der Waals surface area contributed by atoms with E-state index >= 15 is 0 Å². The number of H-pyrrole nitrogens is 1. The van der Waals surface area contributed by atoms with Crippen LogP contribution >= 0.6 is 0 Å². The van der Waals surface area contributed by atoms with Crippen LogP contribution in [0, 0.1) is 0 Å². The van der Waals surface area contributed by atoms with Crippen molar-refractivity contribution in [2.45, 2.75) is 43.8 Å². The highest BCUT2D eigenvalue weighted by atomic mass is 16.5. The van der Waals surface area contributed by atoms with Crippen LogP contribution in [0.4, 0.5) is 4.79 Å². The van der Waals surface area contributed by atoms with E-state index in [-0.39, 0.29) is 23.2 Å². The summed E-state index contributed by atoms with van der Waals surface area (Å²) < 4.78 is 5.75. The van der Waals surface area contributed by atoms with Gasteiger partial charge in [-0.25, -0.2) is 4.79 Å². The Morgan fingerprint density at radius 2 is 1.66 bits per heavy atom. The third-order valence-corrected chi connectivity index (χ3v) is 8.61. The molecule has 1 atom stereocenters. The fraction of sp³-hybridized carbons (Fsp3) is 0.419. The monoisotopic (exact) mass is 512 g/mol. The van der Waals surface area contributed by atoms with Gasteiger partial charge in [0.25, 0.3) is 5.56 Å². The van der Waals surface area contributed by atoms with Gasteiger partial charge >= 0.3 is 6.03 Å². The Bertz CT molecular complexity index is 1300. The van der Waals surface area contributed by atoms with Crippen molar-refractivity contribution in [1.29, 1.82) is 0 Å². The molecule has 7 nitrogen and oxygen atoms in total. The van der Waals surface area contributed by atoms with Crippen LogP contribution in [0.15, 0.2) is 77.6 Å². The maximum atomic E-state index is 13.8. The molecule has 1 N–H and O–H groups in total. The number of urea groups is 1. The standard InChI is InChI=1S/C31H36N4O3/c36-29-26(13-14-27(32-29)24-8-3-1-4-9-24)22-34-19-18-33(23-31(34)15-20-38-21-16-31)30(37)35-17-7-12-28(35)25-10-5-2-6-11-25/h1-6,8-11,13-14,28H,7,12,15-23H2,(H,32,36)/t28-/m0/s1. The average molecular weight is 513 g/mol. The second-order valence-corrected chi connectivity index (χ2v) is 10.8. The van der Waals surface area contributed by atoms with Gasteiger partial charge in [-0.3, -0.25) is 9.69 Å². The van der Waals surface area contributed by atoms with Gasteiger partial charge in [0.05, 0.1) is 6.04 Å². The molecule has 3 aromatic rings. The molecule has 198 valence electrons. The van der Waals surface area contributed by atoms with E-state index in [1.807, 2.05) is 48.5 Å². The van der Waals surface area contributed by atoms with Crippen LogP contribution < -0.4 is 5.56 Å². The third kappa shape index (κ3) is 4.88. The van der Waals surface area contributed by atoms with Crippen LogP contribution in [-0.4, -0.2) is 70.6 Å². The molecule has 0 radical (unpaired) electrons. The Balaban J connectivity index is 1.20. The molecule has 0 saturated carbocycles. The number of ether oxygens (including phenoxy) is 1. The van der Waals surface area contributed by atoms with Gasteiger partial charge in [-0.15, -0.1) is 0 Å². The smallest absolute Gasteiger partial charge is 0.320 e. The Morgan fingerprint density at radius 3 is 2.39 bits per heavy atom. The lowest BCUT2D eigenvalue weighted by atomic mass is 9.85. The molecule has 3 saturated heterocycles. The van der Waals surface area contributed by atoms with E-state index in [1.165, 1.54) is 5.56 Å². The van der Waals surface area contributed by atoms with E-state index in [0.29, 0.717) is 32.8 Å². The Morgan fingerprint density at radius 1 is 0.921 bits per heavy atom. The molecule has 1 spiro atoms. The van der Waals surface area contributed by atoms with Gasteiger partial charge in [0, 0.05) is 62.7 Å². The summed E-state index contributed by atoms with van der Waals surface area (Å²) in [5.74, 6) is 0. The van der Waals surface area contributed by atoms with E-state index < -0.39 is 0 Å². The van der Waals surface area contributed by atoms with Gasteiger partial charge in [0.1, 0.15) is 0 Å². The first-order valence-corrected chi connectivity index (χ1v) is 13.8. The first kappa shape index (κ1) is 24.9. The summed E-state index contributed by atoms with van der Waals surface area (Å²) >= 11 is 0. The van der Waals surface area contributed by atoms with Crippen LogP contribution in [0.1, 0.15) is 42.9 Å². The van der Waals surface area contributed by atoms with Crippen molar-refractivity contribution in [3.8, 4) is 11.3 Å². The van der Waals surface area contributed by atoms with E-state index in [9.17, 15) is 9.59 Å². The maximum Gasteiger partial charge on any atom is 0.320 e. The number of aromatic amines is 1. The molecule has 0 unspecified atom stereocenters. The van der Waals surface area contributed by atoms with Crippen molar-refractivity contribution in [2.24, 2.45) is 0 Å². The zero-order chi connectivity index (χ0) is 26.0. The lowest BCUT2D eigenvalue weighted by Gasteiger charge is -2.53. The number of carbonyl (C=O) groups is 1. The van der Waals surface area contributed by atoms with Gasteiger partial charge in [-0.05, 0) is 42.9 Å². The Hall–Kier alpha value is -3.42. The number of aromatic nitrogens is 1. The summed E-state index contributed by atoms with van der Waals surface area (Å²) in [7, 11) is 0. The SMILES string of the molecule is O=C(N1CCN(Cc2ccc(-c3ccccc3)[nH]c2=O)C2(CCOCC2)C1)N1CCC[C@H]1c1ccccc1. The van der Waals surface area contributed by atoms with Crippen LogP contribution in [0.3, 0.4) is 0 Å². The molecule has 2 aromatic carbocycles. The van der Waals surface area contributed by atoms with Crippen LogP contribution in [0.5, 0.6) is 0 Å². The molecule has 7 heteroatoms. The van der Waals surface area contributed by atoms with E-state index in [0.717, 1.165) is 55.6 Å². The number of rotatable bonds is 4. The number of nitrogens with one attached hydrogen (secondary N) is 1. The van der Waals surface area contributed by atoms with Crippen molar-refractivity contribution in [1.82, 2.24) is 19.7 Å². The fourth-order valence-electron chi connectivity index (χ4n) is 6.47. The molecule has 3 fully saturated rings. The van der Waals surface area contributed by atoms with Gasteiger partial charge < -0.3 is 19.5 Å². The van der Waals surface area contributed by atoms with Crippen molar-refractivity contribution in [3.63, 3.8) is 0 Å². The minimum absolute atomic E-state index is 0.0464. The van der Waals surface area contributed by atoms with E-state index in [4.69, 9.17) is 4.74 Å². The zero-order valence-corrected chi connectivity index (χ0v) is 21.9. The van der Waals surface area contributed by atoms with Crippen molar-refractivity contribution >= 4 is 6.03 Å². The molecule has 1 aromatic heterocycles. The van der Waals surface area contributed by atoms with E-state index in [1.54, 1.807) is 0 Å². The topological polar surface area (TPSA) is 68.9 Å². The number of likely N-dealkylation sites (tertiary alicyclic amines) is 1. The number of hydrogen-bond donors (Lipinski definition) is 1. The summed E-state index contributed by atoms with van der Waals surface area (Å²) in [5, 5.41) is 0. The number of nitrogens with zero attached hydrogens (tertiary/aromatic N) is 3. The fourth-order valence-corrected chi connectivity index (χ4v) is 6.47. The predicted molar refractivity (Wildman–Crippen MR) is 148 cm³/mol. The van der Waals surface area contributed by atoms with Crippen molar-refractivity contribution in [2.75, 3.05) is 39.4 Å². The number of hydrogen-bond acceptors (Lipinski definition) is 4. The average Bonchev–Trinajstić information content (AvgIpc) is 3.46. The number of carbonyl (C=O) groups excluding carboxylic acids is 1. The molecular weight excluding hydrogens is 476 g/mol. The molecule has 2 amide bonds. The molecule has 0 aliphatic carbocycles. The highest BCUT2D eigenvalue weighted by Gasteiger charge is 2.45. The lowest BCUT2D eigenvalue weighted by Crippen LogP contribution is -2.65. The zero-order valence-electron chi connectivity index (χ0n) is 21.9. The third-order valence-electron chi connectivity index (χ3n) is 8.61. The summed E-state index contributed by atoms with van der Waals surface area (Å²) in [4.78, 5) is 36.6. The Kier molecular flexibility index (Phi) is 7.04. The van der Waals surface area contributed by atoms with Gasteiger partial charge in [0.15, 0.2) is 0 Å². The molecule has 4 heterocycles. The highest BCUT2D eigenvalue weighted by Crippen LogP contribution is 2.36. The minimum atomic E-state index is -0.182. The van der Waals surface area contributed by atoms with Gasteiger partial charge in [0.2, 0.25) is 0 Å². The predicted octanol–water partition coefficient (Wildman–Crippen LogP) is 4.67. The van der Waals surface area contributed by atoms with Gasteiger partial charge in [-0.1, -0.05) is 66.7 Å². The second-order valence-electron chi connectivity index (χ2n) is 10.8. The summed E-state index contributed by atoms with van der Waals surface area (Å²) in [5.41, 5.74) is 3.58. The van der Waals surface area contributed by atoms with Crippen LogP contribution in [0.25, 0.3) is 11.3 Å². The van der Waals surface area contributed by atoms with Crippen LogP contribution in [-0.2, 0) is 11.3 Å². The molecule has 3 aliphatic heterocycles. The maximum absolute atomic E-state index is 13.8. The van der Waals surface area contributed by atoms with Crippen molar-refractivity contribution < 1.29 is 9.53 Å². The summed E-state index contributed by atoms with van der Waals surface area (Å²) in [6.07, 6.45) is 3.76. The molecule has 6 rings (SSSR count). The first-order valence-electron chi connectivity index (χ1n) is 13.8. The molecular formula is C31H36N4O3. The normalized spacial score (nSPS) is 21.6. The van der Waals surface area contributed by atoms with Crippen molar-refractivity contribution in [3.05, 3.63) is 94.3 Å². The number of benzene rings is 2. The molecule has 0 bridgehead atoms.